The minimum absolute atomic E-state index is 0.0652. The van der Waals surface area contributed by atoms with Gasteiger partial charge in [0.25, 0.3) is 0 Å². The predicted octanol–water partition coefficient (Wildman–Crippen LogP) is 4.86. The van der Waals surface area contributed by atoms with E-state index in [0.29, 0.717) is 19.4 Å². The van der Waals surface area contributed by atoms with Crippen molar-refractivity contribution in [3.63, 3.8) is 0 Å². The highest BCUT2D eigenvalue weighted by Crippen LogP contribution is 2.41. The summed E-state index contributed by atoms with van der Waals surface area (Å²) in [7, 11) is 1.41. The number of esters is 2. The molecule has 2 saturated heterocycles. The maximum atomic E-state index is 11.9. The van der Waals surface area contributed by atoms with Crippen LogP contribution in [0.1, 0.15) is 77.6 Å². The van der Waals surface area contributed by atoms with E-state index in [-0.39, 0.29) is 48.6 Å². The summed E-state index contributed by atoms with van der Waals surface area (Å²) in [6, 6.07) is 0. The van der Waals surface area contributed by atoms with Gasteiger partial charge in [-0.25, -0.2) is 0 Å². The van der Waals surface area contributed by atoms with Gasteiger partial charge in [0.05, 0.1) is 19.8 Å². The van der Waals surface area contributed by atoms with Gasteiger partial charge in [0.2, 0.25) is 0 Å². The molecule has 0 radical (unpaired) electrons. The third-order valence-electron chi connectivity index (χ3n) is 7.08. The van der Waals surface area contributed by atoms with Gasteiger partial charge in [-0.3, -0.25) is 9.59 Å². The van der Waals surface area contributed by atoms with Crippen molar-refractivity contribution in [2.24, 2.45) is 11.8 Å². The van der Waals surface area contributed by atoms with Crippen molar-refractivity contribution in [2.45, 2.75) is 102 Å². The molecule has 8 nitrogen and oxygen atoms in total. The van der Waals surface area contributed by atoms with Crippen LogP contribution in [0.4, 0.5) is 0 Å². The first kappa shape index (κ1) is 28.8. The highest BCUT2D eigenvalue weighted by Gasteiger charge is 2.45. The molecule has 2 heterocycles. The van der Waals surface area contributed by atoms with Crippen LogP contribution in [0.5, 0.6) is 0 Å². The number of carbonyl (C=O) groups excluding carboxylic acids is 2. The van der Waals surface area contributed by atoms with E-state index in [9.17, 15) is 9.59 Å². The molecule has 3 rings (SSSR count). The van der Waals surface area contributed by atoms with Crippen molar-refractivity contribution in [3.8, 4) is 0 Å². The van der Waals surface area contributed by atoms with E-state index in [0.717, 1.165) is 71.0 Å². The van der Waals surface area contributed by atoms with Gasteiger partial charge in [-0.1, -0.05) is 24.3 Å². The highest BCUT2D eigenvalue weighted by molar-refractivity contribution is 5.69. The molecule has 3 aliphatic rings. The molecule has 2 unspecified atom stereocenters. The van der Waals surface area contributed by atoms with Gasteiger partial charge in [-0.15, -0.1) is 0 Å². The molecule has 204 valence electrons. The maximum Gasteiger partial charge on any atom is 0.305 e. The minimum atomic E-state index is -0.276. The van der Waals surface area contributed by atoms with E-state index in [1.807, 2.05) is 6.08 Å². The van der Waals surface area contributed by atoms with Crippen LogP contribution in [-0.4, -0.2) is 63.7 Å². The Bertz CT molecular complexity index is 708. The van der Waals surface area contributed by atoms with E-state index < -0.39 is 0 Å². The van der Waals surface area contributed by atoms with Crippen LogP contribution < -0.4 is 0 Å². The van der Waals surface area contributed by atoms with Crippen LogP contribution in [0.25, 0.3) is 0 Å². The molecule has 2 aliphatic heterocycles. The van der Waals surface area contributed by atoms with Crippen LogP contribution in [0.3, 0.4) is 0 Å². The SMILES string of the molecule is COC(=O)CCC/C=C\C[C@@H]1[C@@H](/C=C/COC2CCCCO2)[C@H](OC2CCCCO2)C[C@@H]1OC(C)=O. The Hall–Kier alpha value is -1.74. The molecule has 0 aromatic heterocycles. The Labute approximate surface area is 215 Å². The van der Waals surface area contributed by atoms with E-state index in [1.54, 1.807) is 0 Å². The van der Waals surface area contributed by atoms with Crippen molar-refractivity contribution >= 4 is 11.9 Å². The Balaban J connectivity index is 1.63. The summed E-state index contributed by atoms with van der Waals surface area (Å²) in [4.78, 5) is 23.2. The van der Waals surface area contributed by atoms with Gasteiger partial charge in [-0.2, -0.15) is 0 Å². The molecule has 0 aromatic rings. The first-order chi connectivity index (χ1) is 17.6. The lowest BCUT2D eigenvalue weighted by Gasteiger charge is -2.29. The van der Waals surface area contributed by atoms with Crippen LogP contribution >= 0.6 is 0 Å². The molecule has 8 heteroatoms. The summed E-state index contributed by atoms with van der Waals surface area (Å²) < 4.78 is 34.3. The molecular weight excluding hydrogens is 464 g/mol. The number of unbranched alkanes of at least 4 members (excludes halogenated alkanes) is 1. The van der Waals surface area contributed by atoms with Gasteiger partial charge in [0.15, 0.2) is 12.6 Å². The third kappa shape index (κ3) is 9.96. The molecule has 0 spiro atoms. The third-order valence-corrected chi connectivity index (χ3v) is 7.08. The average Bonchev–Trinajstić information content (AvgIpc) is 3.19. The van der Waals surface area contributed by atoms with Gasteiger partial charge in [0, 0.05) is 44.8 Å². The molecule has 6 atom stereocenters. The van der Waals surface area contributed by atoms with Crippen molar-refractivity contribution in [1.29, 1.82) is 0 Å². The molecule has 0 amide bonds. The van der Waals surface area contributed by atoms with Gasteiger partial charge in [0.1, 0.15) is 6.10 Å². The van der Waals surface area contributed by atoms with Crippen LogP contribution in [0.2, 0.25) is 0 Å². The molecule has 1 aliphatic carbocycles. The van der Waals surface area contributed by atoms with E-state index in [4.69, 9.17) is 28.4 Å². The topological polar surface area (TPSA) is 89.5 Å². The fourth-order valence-corrected chi connectivity index (χ4v) is 5.22. The second-order valence-electron chi connectivity index (χ2n) is 9.83. The largest absolute Gasteiger partial charge is 0.469 e. The lowest BCUT2D eigenvalue weighted by atomic mass is 9.89. The van der Waals surface area contributed by atoms with Crippen molar-refractivity contribution < 1.29 is 38.0 Å². The lowest BCUT2D eigenvalue weighted by Crippen LogP contribution is -2.30. The Morgan fingerprint density at radius 2 is 1.69 bits per heavy atom. The monoisotopic (exact) mass is 508 g/mol. The molecule has 0 bridgehead atoms. The number of hydrogen-bond acceptors (Lipinski definition) is 8. The second-order valence-corrected chi connectivity index (χ2v) is 9.83. The van der Waals surface area contributed by atoms with E-state index >= 15 is 0 Å². The van der Waals surface area contributed by atoms with Crippen molar-refractivity contribution in [3.05, 3.63) is 24.3 Å². The summed E-state index contributed by atoms with van der Waals surface area (Å²) in [5.41, 5.74) is 0. The first-order valence-corrected chi connectivity index (χ1v) is 13.6. The first-order valence-electron chi connectivity index (χ1n) is 13.6. The number of methoxy groups -OCH3 is 1. The molecule has 36 heavy (non-hydrogen) atoms. The van der Waals surface area contributed by atoms with Crippen LogP contribution in [0, 0.1) is 11.8 Å². The molecular formula is C28H44O8. The predicted molar refractivity (Wildman–Crippen MR) is 134 cm³/mol. The zero-order valence-electron chi connectivity index (χ0n) is 21.9. The molecule has 0 aromatic carbocycles. The highest BCUT2D eigenvalue weighted by atomic mass is 16.7. The number of hydrogen-bond donors (Lipinski definition) is 0. The van der Waals surface area contributed by atoms with Crippen LogP contribution in [0.15, 0.2) is 24.3 Å². The molecule has 0 N–H and O–H groups in total. The summed E-state index contributed by atoms with van der Waals surface area (Å²) in [5, 5.41) is 0. The fraction of sp³-hybridized carbons (Fsp3) is 0.786. The number of rotatable bonds is 13. The second kappa shape index (κ2) is 16.2. The summed E-state index contributed by atoms with van der Waals surface area (Å²) in [5.74, 6) is -0.316. The molecule has 1 saturated carbocycles. The maximum absolute atomic E-state index is 11.9. The lowest BCUT2D eigenvalue weighted by molar-refractivity contribution is -0.193. The Kier molecular flexibility index (Phi) is 13.0. The fourth-order valence-electron chi connectivity index (χ4n) is 5.22. The van der Waals surface area contributed by atoms with E-state index in [1.165, 1.54) is 14.0 Å². The Morgan fingerprint density at radius 1 is 0.944 bits per heavy atom. The van der Waals surface area contributed by atoms with E-state index in [2.05, 4.69) is 18.2 Å². The summed E-state index contributed by atoms with van der Waals surface area (Å²) >= 11 is 0. The quantitative estimate of drug-likeness (QED) is 0.198. The number of ether oxygens (including phenoxy) is 6. The molecule has 3 fully saturated rings. The zero-order valence-corrected chi connectivity index (χ0v) is 21.9. The van der Waals surface area contributed by atoms with Crippen molar-refractivity contribution in [2.75, 3.05) is 26.9 Å². The standard InChI is InChI=1S/C28H44O8/c1-21(29)35-24-20-25(36-28-16-8-10-18-34-28)23(13-11-19-33-27-15-7-9-17-32-27)22(24)12-5-3-4-6-14-26(30)31-2/h3,5,11,13,22-25,27-28H,4,6-10,12,14-20H2,1-2H3/b5-3-,13-11+/t22-,23-,24+,25-,27?,28?/m1/s1. The van der Waals surface area contributed by atoms with Gasteiger partial charge < -0.3 is 28.4 Å². The average molecular weight is 509 g/mol. The van der Waals surface area contributed by atoms with Gasteiger partial charge >= 0.3 is 11.9 Å². The van der Waals surface area contributed by atoms with Gasteiger partial charge in [-0.05, 0) is 57.8 Å². The Morgan fingerprint density at radius 3 is 2.36 bits per heavy atom. The van der Waals surface area contributed by atoms with Crippen molar-refractivity contribution in [1.82, 2.24) is 0 Å². The number of allylic oxidation sites excluding steroid dienone is 2. The number of carbonyl (C=O) groups is 2. The van der Waals surface area contributed by atoms with Crippen LogP contribution in [-0.2, 0) is 38.0 Å². The summed E-state index contributed by atoms with van der Waals surface area (Å²) in [6.07, 6.45) is 17.3. The zero-order chi connectivity index (χ0) is 25.6. The smallest absolute Gasteiger partial charge is 0.305 e. The minimum Gasteiger partial charge on any atom is -0.469 e. The summed E-state index contributed by atoms with van der Waals surface area (Å²) in [6.45, 7) is 3.41. The normalized spacial score (nSPS) is 31.2.